The van der Waals surface area contributed by atoms with Crippen LogP contribution < -0.4 is 4.74 Å². The molecule has 0 atom stereocenters. The largest absolute Gasteiger partial charge is 0.491 e. The first kappa shape index (κ1) is 14.4. The topological polar surface area (TPSA) is 26.3 Å². The van der Waals surface area contributed by atoms with Crippen LogP contribution >= 0.6 is 0 Å². The molecule has 0 heterocycles. The fourth-order valence-corrected chi connectivity index (χ4v) is 1.59. The Kier molecular flexibility index (Phi) is 6.12. The minimum atomic E-state index is -0.478. The Morgan fingerprint density at radius 3 is 2.78 bits per heavy atom. The van der Waals surface area contributed by atoms with Gasteiger partial charge in [-0.05, 0) is 50.8 Å². The zero-order chi connectivity index (χ0) is 13.4. The summed E-state index contributed by atoms with van der Waals surface area (Å²) in [6.45, 7) is 5.56. The quantitative estimate of drug-likeness (QED) is 0.393. The standard InChI is InChI=1S/C15H19FO2/c1-3-4-5-6-7-10-18-15-9-8-13(12(2)17)11-14(15)16/h3,8-9,11H,1,4-7,10H2,2H3. The fourth-order valence-electron chi connectivity index (χ4n) is 1.59. The summed E-state index contributed by atoms with van der Waals surface area (Å²) in [7, 11) is 0. The lowest BCUT2D eigenvalue weighted by Crippen LogP contribution is -2.01. The third kappa shape index (κ3) is 4.70. The van der Waals surface area contributed by atoms with Gasteiger partial charge in [0.25, 0.3) is 0 Å². The number of hydrogen-bond donors (Lipinski definition) is 0. The highest BCUT2D eigenvalue weighted by Crippen LogP contribution is 2.19. The highest BCUT2D eigenvalue weighted by atomic mass is 19.1. The van der Waals surface area contributed by atoms with Gasteiger partial charge >= 0.3 is 0 Å². The van der Waals surface area contributed by atoms with Crippen molar-refractivity contribution in [3.8, 4) is 5.75 Å². The van der Waals surface area contributed by atoms with Crippen LogP contribution in [0.25, 0.3) is 0 Å². The van der Waals surface area contributed by atoms with Crippen LogP contribution in [0.5, 0.6) is 5.75 Å². The zero-order valence-electron chi connectivity index (χ0n) is 10.7. The molecule has 0 aliphatic heterocycles. The van der Waals surface area contributed by atoms with Gasteiger partial charge in [-0.3, -0.25) is 4.79 Å². The first-order valence-electron chi connectivity index (χ1n) is 6.19. The molecule has 0 N–H and O–H groups in total. The minimum absolute atomic E-state index is 0.148. The zero-order valence-corrected chi connectivity index (χ0v) is 10.7. The van der Waals surface area contributed by atoms with Gasteiger partial charge in [0, 0.05) is 5.56 Å². The Morgan fingerprint density at radius 1 is 1.39 bits per heavy atom. The van der Waals surface area contributed by atoms with Gasteiger partial charge in [0.15, 0.2) is 17.3 Å². The molecule has 0 saturated carbocycles. The molecule has 0 aliphatic rings. The number of benzene rings is 1. The predicted octanol–water partition coefficient (Wildman–Crippen LogP) is 4.15. The lowest BCUT2D eigenvalue weighted by molar-refractivity contribution is 0.101. The summed E-state index contributed by atoms with van der Waals surface area (Å²) in [5, 5.41) is 0. The number of Topliss-reactive ketones (excluding diaryl/α,β-unsaturated/α-hetero) is 1. The second-order valence-electron chi connectivity index (χ2n) is 4.19. The molecule has 0 fully saturated rings. The average molecular weight is 250 g/mol. The SMILES string of the molecule is C=CCCCCCOc1ccc(C(C)=O)cc1F. The van der Waals surface area contributed by atoms with Crippen LogP contribution in [0.1, 0.15) is 43.0 Å². The van der Waals surface area contributed by atoms with Gasteiger partial charge in [-0.15, -0.1) is 6.58 Å². The van der Waals surface area contributed by atoms with Crippen molar-refractivity contribution in [3.63, 3.8) is 0 Å². The number of carbonyl (C=O) groups excluding carboxylic acids is 1. The third-order valence-electron chi connectivity index (χ3n) is 2.65. The Bertz CT molecular complexity index is 413. The highest BCUT2D eigenvalue weighted by molar-refractivity contribution is 5.94. The monoisotopic (exact) mass is 250 g/mol. The van der Waals surface area contributed by atoms with Gasteiger partial charge in [0.2, 0.25) is 0 Å². The number of hydrogen-bond acceptors (Lipinski definition) is 2. The van der Waals surface area contributed by atoms with Crippen molar-refractivity contribution in [3.05, 3.63) is 42.2 Å². The number of carbonyl (C=O) groups is 1. The van der Waals surface area contributed by atoms with Crippen molar-refractivity contribution in [2.75, 3.05) is 6.61 Å². The van der Waals surface area contributed by atoms with E-state index in [1.54, 1.807) is 6.07 Å². The van der Waals surface area contributed by atoms with Crippen molar-refractivity contribution >= 4 is 5.78 Å². The van der Waals surface area contributed by atoms with Crippen molar-refractivity contribution in [1.29, 1.82) is 0 Å². The lowest BCUT2D eigenvalue weighted by Gasteiger charge is -2.07. The van der Waals surface area contributed by atoms with E-state index in [0.717, 1.165) is 25.7 Å². The molecule has 0 bridgehead atoms. The van der Waals surface area contributed by atoms with Crippen molar-refractivity contribution in [2.45, 2.75) is 32.6 Å². The van der Waals surface area contributed by atoms with E-state index in [1.165, 1.54) is 19.1 Å². The number of allylic oxidation sites excluding steroid dienone is 1. The third-order valence-corrected chi connectivity index (χ3v) is 2.65. The molecular formula is C15H19FO2. The Morgan fingerprint density at radius 2 is 2.17 bits per heavy atom. The summed E-state index contributed by atoms with van der Waals surface area (Å²) in [5.41, 5.74) is 0.367. The molecule has 0 unspecified atom stereocenters. The molecule has 2 nitrogen and oxygen atoms in total. The number of ether oxygens (including phenoxy) is 1. The number of unbranched alkanes of at least 4 members (excludes halogenated alkanes) is 3. The molecule has 3 heteroatoms. The maximum atomic E-state index is 13.5. The summed E-state index contributed by atoms with van der Waals surface area (Å²) < 4.78 is 18.9. The predicted molar refractivity (Wildman–Crippen MR) is 70.6 cm³/mol. The molecule has 0 saturated heterocycles. The van der Waals surface area contributed by atoms with Crippen molar-refractivity contribution in [2.24, 2.45) is 0 Å². The van der Waals surface area contributed by atoms with E-state index in [2.05, 4.69) is 6.58 Å². The van der Waals surface area contributed by atoms with Gasteiger partial charge in [0.05, 0.1) is 6.61 Å². The van der Waals surface area contributed by atoms with Crippen molar-refractivity contribution in [1.82, 2.24) is 0 Å². The maximum absolute atomic E-state index is 13.5. The van der Waals surface area contributed by atoms with Gasteiger partial charge in [-0.25, -0.2) is 4.39 Å². The van der Waals surface area contributed by atoms with E-state index in [9.17, 15) is 9.18 Å². The summed E-state index contributed by atoms with van der Waals surface area (Å²) in [6, 6.07) is 4.31. The van der Waals surface area contributed by atoms with Gasteiger partial charge in [0.1, 0.15) is 0 Å². The van der Waals surface area contributed by atoms with E-state index in [1.807, 2.05) is 6.08 Å². The van der Waals surface area contributed by atoms with Crippen LogP contribution in [0, 0.1) is 5.82 Å². The molecular weight excluding hydrogens is 231 g/mol. The van der Waals surface area contributed by atoms with Crippen molar-refractivity contribution < 1.29 is 13.9 Å². The molecule has 18 heavy (non-hydrogen) atoms. The summed E-state index contributed by atoms with van der Waals surface area (Å²) >= 11 is 0. The molecule has 0 aromatic heterocycles. The number of ketones is 1. The fraction of sp³-hybridized carbons (Fsp3) is 0.400. The first-order valence-corrected chi connectivity index (χ1v) is 6.19. The highest BCUT2D eigenvalue weighted by Gasteiger charge is 2.07. The normalized spacial score (nSPS) is 10.1. The number of halogens is 1. The lowest BCUT2D eigenvalue weighted by atomic mass is 10.1. The van der Waals surface area contributed by atoms with Gasteiger partial charge < -0.3 is 4.74 Å². The molecule has 1 aromatic carbocycles. The minimum Gasteiger partial charge on any atom is -0.491 e. The molecule has 98 valence electrons. The van der Waals surface area contributed by atoms with E-state index >= 15 is 0 Å². The van der Waals surface area contributed by atoms with E-state index in [4.69, 9.17) is 4.74 Å². The number of rotatable bonds is 8. The van der Waals surface area contributed by atoms with Gasteiger partial charge in [-0.1, -0.05) is 6.08 Å². The molecule has 1 aromatic rings. The van der Waals surface area contributed by atoms with Crippen LogP contribution in [-0.4, -0.2) is 12.4 Å². The van der Waals surface area contributed by atoms with E-state index in [-0.39, 0.29) is 11.5 Å². The second-order valence-corrected chi connectivity index (χ2v) is 4.19. The summed E-state index contributed by atoms with van der Waals surface area (Å²) in [5.74, 6) is -0.414. The summed E-state index contributed by atoms with van der Waals surface area (Å²) in [4.78, 5) is 11.1. The summed E-state index contributed by atoms with van der Waals surface area (Å²) in [6.07, 6.45) is 5.90. The molecule has 0 radical (unpaired) electrons. The van der Waals surface area contributed by atoms with Crippen LogP contribution in [0.15, 0.2) is 30.9 Å². The molecule has 0 aliphatic carbocycles. The second kappa shape index (κ2) is 7.64. The molecule has 1 rings (SSSR count). The van der Waals surface area contributed by atoms with E-state index in [0.29, 0.717) is 12.2 Å². The van der Waals surface area contributed by atoms with Gasteiger partial charge in [-0.2, -0.15) is 0 Å². The Balaban J connectivity index is 2.38. The maximum Gasteiger partial charge on any atom is 0.165 e. The van der Waals surface area contributed by atoms with Crippen LogP contribution in [-0.2, 0) is 0 Å². The van der Waals surface area contributed by atoms with Crippen LogP contribution in [0.3, 0.4) is 0 Å². The average Bonchev–Trinajstić information content (AvgIpc) is 2.35. The Labute approximate surface area is 107 Å². The van der Waals surface area contributed by atoms with Crippen LogP contribution in [0.4, 0.5) is 4.39 Å². The Hall–Kier alpha value is -1.64. The smallest absolute Gasteiger partial charge is 0.165 e. The first-order chi connectivity index (χ1) is 8.65. The molecule has 0 spiro atoms. The molecule has 0 amide bonds. The van der Waals surface area contributed by atoms with E-state index < -0.39 is 5.82 Å². The van der Waals surface area contributed by atoms with Crippen LogP contribution in [0.2, 0.25) is 0 Å².